The summed E-state index contributed by atoms with van der Waals surface area (Å²) in [6.45, 7) is 5.35. The van der Waals surface area contributed by atoms with E-state index in [2.05, 4.69) is 55.6 Å². The summed E-state index contributed by atoms with van der Waals surface area (Å²) in [6, 6.07) is 0. The Hall–Kier alpha value is -1.34. The Morgan fingerprint density at radius 3 is 2.84 bits per heavy atom. The van der Waals surface area contributed by atoms with Gasteiger partial charge in [-0.3, -0.25) is 0 Å². The second-order valence-electron chi connectivity index (χ2n) is 5.47. The molecule has 1 N–H and O–H groups in total. The standard InChI is InChI=1S/C18H25N/c1-4-15(13-19-3)7-5-6-8-16-9-10-17(12-16)18-11-14(18)2/h4,6,8-11,18-19H,5,7,12-13H2,1-3H3/b8-6-,15-4+. The van der Waals surface area contributed by atoms with Gasteiger partial charge >= 0.3 is 0 Å². The minimum atomic E-state index is 0.687. The maximum atomic E-state index is 3.21. The van der Waals surface area contributed by atoms with Gasteiger partial charge in [-0.2, -0.15) is 0 Å². The highest BCUT2D eigenvalue weighted by Crippen LogP contribution is 2.40. The number of hydrogen-bond donors (Lipinski definition) is 1. The van der Waals surface area contributed by atoms with Crippen LogP contribution in [-0.2, 0) is 0 Å². The molecule has 0 aliphatic heterocycles. The van der Waals surface area contributed by atoms with Gasteiger partial charge in [0.1, 0.15) is 0 Å². The van der Waals surface area contributed by atoms with E-state index < -0.39 is 0 Å². The van der Waals surface area contributed by atoms with Crippen molar-refractivity contribution in [1.82, 2.24) is 5.32 Å². The molecule has 0 aromatic carbocycles. The van der Waals surface area contributed by atoms with Gasteiger partial charge in [0, 0.05) is 12.5 Å². The summed E-state index contributed by atoms with van der Waals surface area (Å²) in [5, 5.41) is 3.21. The summed E-state index contributed by atoms with van der Waals surface area (Å²) < 4.78 is 0. The molecular weight excluding hydrogens is 230 g/mol. The van der Waals surface area contributed by atoms with Gasteiger partial charge < -0.3 is 5.32 Å². The lowest BCUT2D eigenvalue weighted by molar-refractivity contribution is 0.819. The van der Waals surface area contributed by atoms with E-state index in [4.69, 9.17) is 0 Å². The molecule has 0 heterocycles. The van der Waals surface area contributed by atoms with Crippen molar-refractivity contribution >= 4 is 0 Å². The van der Waals surface area contributed by atoms with Crippen LogP contribution in [0.4, 0.5) is 0 Å². The Kier molecular flexibility index (Phi) is 4.98. The van der Waals surface area contributed by atoms with Gasteiger partial charge in [-0.25, -0.2) is 0 Å². The van der Waals surface area contributed by atoms with Crippen LogP contribution in [-0.4, -0.2) is 13.6 Å². The monoisotopic (exact) mass is 255 g/mol. The fourth-order valence-corrected chi connectivity index (χ4v) is 2.58. The predicted molar refractivity (Wildman–Crippen MR) is 84.1 cm³/mol. The SMILES string of the molecule is C/C=C(\CC/C=C\C1=CC=C(C2C=C2C)C1)CNC. The fraction of sp³-hybridized carbons (Fsp3) is 0.444. The largest absolute Gasteiger partial charge is 0.316 e. The van der Waals surface area contributed by atoms with Gasteiger partial charge in [-0.05, 0) is 45.7 Å². The molecule has 0 saturated carbocycles. The lowest BCUT2D eigenvalue weighted by atomic mass is 10.0. The maximum Gasteiger partial charge on any atom is 0.0193 e. The molecule has 2 rings (SSSR count). The summed E-state index contributed by atoms with van der Waals surface area (Å²) in [4.78, 5) is 0. The first-order chi connectivity index (χ1) is 9.24. The van der Waals surface area contributed by atoms with Crippen molar-refractivity contribution in [2.24, 2.45) is 5.92 Å². The predicted octanol–water partition coefficient (Wildman–Crippen LogP) is 4.32. The average Bonchev–Trinajstić information content (AvgIpc) is 2.96. The third-order valence-electron chi connectivity index (χ3n) is 3.91. The van der Waals surface area contributed by atoms with Gasteiger partial charge in [0.15, 0.2) is 0 Å². The van der Waals surface area contributed by atoms with Gasteiger partial charge in [0.25, 0.3) is 0 Å². The lowest BCUT2D eigenvalue weighted by Crippen LogP contribution is -2.10. The van der Waals surface area contributed by atoms with E-state index in [1.165, 1.54) is 16.7 Å². The zero-order valence-electron chi connectivity index (χ0n) is 12.4. The second-order valence-corrected chi connectivity index (χ2v) is 5.47. The molecule has 0 aromatic rings. The van der Waals surface area contributed by atoms with Crippen LogP contribution in [0.1, 0.15) is 33.1 Å². The molecule has 0 radical (unpaired) electrons. The fourth-order valence-electron chi connectivity index (χ4n) is 2.58. The molecule has 102 valence electrons. The zero-order chi connectivity index (χ0) is 13.7. The normalized spacial score (nSPS) is 22.6. The summed E-state index contributed by atoms with van der Waals surface area (Å²) in [5.41, 5.74) is 6.05. The van der Waals surface area contributed by atoms with Crippen LogP contribution < -0.4 is 5.32 Å². The lowest BCUT2D eigenvalue weighted by Gasteiger charge is -2.04. The molecule has 19 heavy (non-hydrogen) atoms. The van der Waals surface area contributed by atoms with Gasteiger partial charge in [0.2, 0.25) is 0 Å². The topological polar surface area (TPSA) is 12.0 Å². The van der Waals surface area contributed by atoms with Gasteiger partial charge in [-0.15, -0.1) is 0 Å². The maximum absolute atomic E-state index is 3.21. The van der Waals surface area contributed by atoms with Gasteiger partial charge in [0.05, 0.1) is 0 Å². The quantitative estimate of drug-likeness (QED) is 0.668. The summed E-state index contributed by atoms with van der Waals surface area (Å²) in [6.07, 6.45) is 17.2. The molecule has 1 nitrogen and oxygen atoms in total. The Morgan fingerprint density at radius 2 is 2.21 bits per heavy atom. The van der Waals surface area contributed by atoms with E-state index in [1.54, 1.807) is 5.57 Å². The summed E-state index contributed by atoms with van der Waals surface area (Å²) in [7, 11) is 2.00. The van der Waals surface area contributed by atoms with Crippen molar-refractivity contribution in [2.75, 3.05) is 13.6 Å². The smallest absolute Gasteiger partial charge is 0.0193 e. The van der Waals surface area contributed by atoms with E-state index in [0.29, 0.717) is 5.92 Å². The highest BCUT2D eigenvalue weighted by atomic mass is 14.8. The minimum Gasteiger partial charge on any atom is -0.316 e. The van der Waals surface area contributed by atoms with Crippen molar-refractivity contribution in [2.45, 2.75) is 33.1 Å². The molecule has 0 aromatic heterocycles. The zero-order valence-corrected chi connectivity index (χ0v) is 12.4. The molecule has 2 aliphatic rings. The Balaban J connectivity index is 1.67. The molecule has 0 bridgehead atoms. The van der Waals surface area contributed by atoms with Crippen molar-refractivity contribution in [3.63, 3.8) is 0 Å². The summed E-state index contributed by atoms with van der Waals surface area (Å²) in [5.74, 6) is 0.687. The average molecular weight is 255 g/mol. The number of nitrogens with one attached hydrogen (secondary N) is 1. The first-order valence-electron chi connectivity index (χ1n) is 7.27. The minimum absolute atomic E-state index is 0.687. The second kappa shape index (κ2) is 6.72. The Labute approximate surface area is 117 Å². The number of allylic oxidation sites excluding steroid dienone is 9. The van der Waals surface area contributed by atoms with Crippen LogP contribution in [0.15, 0.2) is 58.7 Å². The number of hydrogen-bond acceptors (Lipinski definition) is 1. The van der Waals surface area contributed by atoms with Crippen molar-refractivity contribution in [3.05, 3.63) is 58.7 Å². The molecule has 0 spiro atoms. The molecule has 0 amide bonds. The van der Waals surface area contributed by atoms with Crippen molar-refractivity contribution in [3.8, 4) is 0 Å². The molecule has 1 unspecified atom stereocenters. The van der Waals surface area contributed by atoms with Crippen LogP contribution in [0.2, 0.25) is 0 Å². The van der Waals surface area contributed by atoms with Crippen LogP contribution in [0, 0.1) is 5.92 Å². The van der Waals surface area contributed by atoms with E-state index in [1.807, 2.05) is 7.05 Å². The number of rotatable bonds is 7. The van der Waals surface area contributed by atoms with Crippen LogP contribution in [0.3, 0.4) is 0 Å². The van der Waals surface area contributed by atoms with E-state index >= 15 is 0 Å². The number of likely N-dealkylation sites (N-methyl/N-ethyl adjacent to an activating group) is 1. The first-order valence-corrected chi connectivity index (χ1v) is 7.27. The highest BCUT2D eigenvalue weighted by molar-refractivity contribution is 5.47. The molecule has 0 fully saturated rings. The van der Waals surface area contributed by atoms with Crippen LogP contribution >= 0.6 is 0 Å². The van der Waals surface area contributed by atoms with Crippen LogP contribution in [0.25, 0.3) is 0 Å². The molecular formula is C18H25N. The van der Waals surface area contributed by atoms with Crippen molar-refractivity contribution in [1.29, 1.82) is 0 Å². The molecule has 2 aliphatic carbocycles. The van der Waals surface area contributed by atoms with E-state index in [0.717, 1.165) is 25.8 Å². The highest BCUT2D eigenvalue weighted by Gasteiger charge is 2.25. The van der Waals surface area contributed by atoms with E-state index in [-0.39, 0.29) is 0 Å². The third-order valence-corrected chi connectivity index (χ3v) is 3.91. The molecule has 1 atom stereocenters. The Morgan fingerprint density at radius 1 is 1.42 bits per heavy atom. The Bertz CT molecular complexity index is 472. The first kappa shape index (κ1) is 14.1. The van der Waals surface area contributed by atoms with Crippen molar-refractivity contribution < 1.29 is 0 Å². The third kappa shape index (κ3) is 4.07. The molecule has 1 heteroatoms. The van der Waals surface area contributed by atoms with Crippen LogP contribution in [0.5, 0.6) is 0 Å². The van der Waals surface area contributed by atoms with Gasteiger partial charge in [-0.1, -0.05) is 53.2 Å². The van der Waals surface area contributed by atoms with E-state index in [9.17, 15) is 0 Å². The molecule has 0 saturated heterocycles. The summed E-state index contributed by atoms with van der Waals surface area (Å²) >= 11 is 0.